The highest BCUT2D eigenvalue weighted by atomic mass is 16.6. The van der Waals surface area contributed by atoms with Gasteiger partial charge in [-0.2, -0.15) is 0 Å². The predicted octanol–water partition coefficient (Wildman–Crippen LogP) is 11.8. The van der Waals surface area contributed by atoms with Crippen LogP contribution in [-0.2, 0) is 19.1 Å². The average Bonchev–Trinajstić information content (AvgIpc) is 3.10. The van der Waals surface area contributed by atoms with Crippen LogP contribution < -0.4 is 0 Å². The van der Waals surface area contributed by atoms with Crippen LogP contribution in [0.3, 0.4) is 0 Å². The Labute approximate surface area is 289 Å². The molecular weight excluding hydrogens is 580 g/mol. The lowest BCUT2D eigenvalue weighted by molar-refractivity contribution is -0.201. The van der Waals surface area contributed by atoms with E-state index in [-0.39, 0.29) is 35.9 Å². The molecule has 8 atom stereocenters. The van der Waals surface area contributed by atoms with Gasteiger partial charge >= 0.3 is 11.9 Å². The van der Waals surface area contributed by atoms with Crippen LogP contribution in [0.4, 0.5) is 0 Å². The maximum Gasteiger partial charge on any atom is 0.317 e. The fourth-order valence-corrected chi connectivity index (χ4v) is 11.3. The molecular formula is C43H72O4. The summed E-state index contributed by atoms with van der Waals surface area (Å²) in [5.41, 5.74) is 3.16. The Morgan fingerprint density at radius 2 is 1.51 bits per heavy atom. The van der Waals surface area contributed by atoms with Crippen LogP contribution in [-0.4, -0.2) is 24.6 Å². The number of hydrogen-bond donors (Lipinski definition) is 0. The van der Waals surface area contributed by atoms with E-state index >= 15 is 0 Å². The second-order valence-electron chi connectivity index (χ2n) is 18.4. The van der Waals surface area contributed by atoms with E-state index in [0.717, 1.165) is 49.4 Å². The molecule has 4 nitrogen and oxygen atoms in total. The summed E-state index contributed by atoms with van der Waals surface area (Å²) in [5, 5.41) is 0. The van der Waals surface area contributed by atoms with Gasteiger partial charge in [0.15, 0.2) is 0 Å². The summed E-state index contributed by atoms with van der Waals surface area (Å²) in [6.45, 7) is 23.8. The molecule has 1 spiro atoms. The molecule has 0 radical (unpaired) electrons. The number of ether oxygens (including phenoxy) is 2. The Morgan fingerprint density at radius 3 is 2.19 bits per heavy atom. The molecule has 0 heterocycles. The van der Waals surface area contributed by atoms with E-state index in [1.165, 1.54) is 94.6 Å². The van der Waals surface area contributed by atoms with Gasteiger partial charge in [0.2, 0.25) is 0 Å². The van der Waals surface area contributed by atoms with Crippen molar-refractivity contribution in [1.82, 2.24) is 0 Å². The maximum absolute atomic E-state index is 13.2. The summed E-state index contributed by atoms with van der Waals surface area (Å²) in [4.78, 5) is 25.9. The molecule has 0 aliphatic heterocycles. The van der Waals surface area contributed by atoms with Gasteiger partial charge in [0.1, 0.15) is 19.1 Å². The Balaban J connectivity index is 1.17. The van der Waals surface area contributed by atoms with Gasteiger partial charge in [0.25, 0.3) is 0 Å². The van der Waals surface area contributed by atoms with E-state index in [2.05, 4.69) is 62.0 Å². The molecule has 0 saturated heterocycles. The fraction of sp³-hybridized carbons (Fsp3) is 0.860. The molecule has 268 valence electrons. The normalized spacial score (nSPS) is 32.8. The summed E-state index contributed by atoms with van der Waals surface area (Å²) in [5.74, 6) is 3.04. The van der Waals surface area contributed by atoms with Gasteiger partial charge in [0, 0.05) is 11.3 Å². The minimum Gasteiger partial charge on any atom is -0.461 e. The first-order valence-electron chi connectivity index (χ1n) is 19.9. The van der Waals surface area contributed by atoms with Crippen LogP contribution >= 0.6 is 0 Å². The summed E-state index contributed by atoms with van der Waals surface area (Å²) in [6, 6.07) is 0. The van der Waals surface area contributed by atoms with Gasteiger partial charge < -0.3 is 9.47 Å². The maximum atomic E-state index is 13.2. The lowest BCUT2D eigenvalue weighted by Crippen LogP contribution is -2.60. The van der Waals surface area contributed by atoms with Crippen molar-refractivity contribution in [2.45, 2.75) is 177 Å². The van der Waals surface area contributed by atoms with Crippen LogP contribution in [0.2, 0.25) is 0 Å². The van der Waals surface area contributed by atoms with Crippen molar-refractivity contribution in [3.63, 3.8) is 0 Å². The Morgan fingerprint density at radius 1 is 0.851 bits per heavy atom. The van der Waals surface area contributed by atoms with E-state index in [0.29, 0.717) is 11.3 Å². The molecule has 0 aromatic carbocycles. The van der Waals surface area contributed by atoms with E-state index in [1.54, 1.807) is 0 Å². The minimum atomic E-state index is -0.480. The lowest BCUT2D eigenvalue weighted by Gasteiger charge is -2.64. The smallest absolute Gasteiger partial charge is 0.317 e. The van der Waals surface area contributed by atoms with Gasteiger partial charge in [-0.15, -0.1) is 0 Å². The third-order valence-corrected chi connectivity index (χ3v) is 13.8. The van der Waals surface area contributed by atoms with Crippen molar-refractivity contribution in [2.75, 3.05) is 6.61 Å². The fourth-order valence-electron chi connectivity index (χ4n) is 11.3. The van der Waals surface area contributed by atoms with Crippen molar-refractivity contribution < 1.29 is 19.1 Å². The van der Waals surface area contributed by atoms with E-state index in [9.17, 15) is 9.59 Å². The molecule has 4 rings (SSSR count). The second kappa shape index (κ2) is 16.4. The van der Waals surface area contributed by atoms with Crippen molar-refractivity contribution >= 4 is 11.9 Å². The van der Waals surface area contributed by atoms with Gasteiger partial charge in [-0.25, -0.2) is 0 Å². The Hall–Kier alpha value is -1.58. The zero-order valence-corrected chi connectivity index (χ0v) is 31.9. The Kier molecular flexibility index (Phi) is 13.4. The predicted molar refractivity (Wildman–Crippen MR) is 195 cm³/mol. The molecule has 0 aromatic heterocycles. The molecule has 4 fully saturated rings. The van der Waals surface area contributed by atoms with Crippen LogP contribution in [0.5, 0.6) is 0 Å². The van der Waals surface area contributed by atoms with Gasteiger partial charge in [-0.05, 0) is 111 Å². The first-order valence-corrected chi connectivity index (χ1v) is 19.9. The summed E-state index contributed by atoms with van der Waals surface area (Å²) >= 11 is 0. The number of carbonyl (C=O) groups excluding carboxylic acids is 2. The van der Waals surface area contributed by atoms with E-state index in [4.69, 9.17) is 9.47 Å². The van der Waals surface area contributed by atoms with Crippen LogP contribution in [0, 0.1) is 51.8 Å². The average molecular weight is 653 g/mol. The molecule has 8 unspecified atom stereocenters. The summed E-state index contributed by atoms with van der Waals surface area (Å²) in [6.07, 6.45) is 22.6. The molecule has 47 heavy (non-hydrogen) atoms. The second-order valence-corrected chi connectivity index (χ2v) is 18.4. The van der Waals surface area contributed by atoms with Crippen molar-refractivity contribution in [3.05, 3.63) is 23.8 Å². The largest absolute Gasteiger partial charge is 0.461 e. The van der Waals surface area contributed by atoms with E-state index < -0.39 is 11.9 Å². The zero-order valence-electron chi connectivity index (χ0n) is 31.9. The molecule has 4 saturated carbocycles. The third kappa shape index (κ3) is 9.36. The number of rotatable bonds is 17. The number of carbonyl (C=O) groups is 2. The van der Waals surface area contributed by atoms with Crippen LogP contribution in [0.25, 0.3) is 0 Å². The quantitative estimate of drug-likeness (QED) is 0.0891. The van der Waals surface area contributed by atoms with Crippen molar-refractivity contribution in [3.8, 4) is 0 Å². The van der Waals surface area contributed by atoms with Gasteiger partial charge in [-0.3, -0.25) is 9.59 Å². The number of allylic oxidation sites excluding steroid dienone is 1. The number of esters is 2. The summed E-state index contributed by atoms with van der Waals surface area (Å²) < 4.78 is 11.8. The monoisotopic (exact) mass is 653 g/mol. The molecule has 0 N–H and O–H groups in total. The highest BCUT2D eigenvalue weighted by Gasteiger charge is 2.67. The number of hydrogen-bond acceptors (Lipinski definition) is 4. The molecule has 0 aromatic rings. The Bertz CT molecular complexity index is 1100. The first kappa shape index (κ1) is 38.2. The van der Waals surface area contributed by atoms with Crippen LogP contribution in [0.15, 0.2) is 23.8 Å². The molecule has 4 aliphatic carbocycles. The standard InChI is InChI=1S/C43H72O4/c1-30(2)14-10-15-31(3)16-11-17-32(4)18-12-19-33(5)23-27-46-38(44)28-39(45)47-40-35-20-21-37-42(9)25-13-24-41(7,8)36(42)22-26-43(37,40)29-34(35)6/h23,30-32,35-37,40H,6,10-22,24-29H2,1-5,7-9H3. The highest BCUT2D eigenvalue weighted by Crippen LogP contribution is 2.72. The first-order chi connectivity index (χ1) is 22.2. The lowest BCUT2D eigenvalue weighted by atomic mass is 9.41. The third-order valence-electron chi connectivity index (χ3n) is 13.8. The molecule has 4 heteroatoms. The topological polar surface area (TPSA) is 52.6 Å². The highest BCUT2D eigenvalue weighted by molar-refractivity contribution is 5.91. The molecule has 2 bridgehead atoms. The molecule has 4 aliphatic rings. The van der Waals surface area contributed by atoms with E-state index in [1.807, 2.05) is 6.08 Å². The van der Waals surface area contributed by atoms with Gasteiger partial charge in [0.05, 0.1) is 0 Å². The van der Waals surface area contributed by atoms with Crippen LogP contribution in [0.1, 0.15) is 171 Å². The van der Waals surface area contributed by atoms with Crippen molar-refractivity contribution in [1.29, 1.82) is 0 Å². The van der Waals surface area contributed by atoms with Crippen molar-refractivity contribution in [2.24, 2.45) is 51.8 Å². The minimum absolute atomic E-state index is 0.0127. The number of fused-ring (bicyclic) bond motifs is 3. The SMILES string of the molecule is C=C1CC23CCC4C(C)(C)CCCC4(C)C2CCC1C3OC(=O)CC(=O)OCC=C(C)CCCC(C)CCCC(C)CCCC(C)C. The van der Waals surface area contributed by atoms with Gasteiger partial charge in [-0.1, -0.05) is 118 Å². The summed E-state index contributed by atoms with van der Waals surface area (Å²) in [7, 11) is 0. The molecule has 0 amide bonds. The zero-order chi connectivity index (χ0) is 34.4.